The third-order valence-corrected chi connectivity index (χ3v) is 7.86. The van der Waals surface area contributed by atoms with Crippen molar-refractivity contribution in [2.45, 2.75) is 45.7 Å². The maximum atomic E-state index is 13.0. The molecule has 0 unspecified atom stereocenters. The summed E-state index contributed by atoms with van der Waals surface area (Å²) in [6.45, 7) is 6.90. The van der Waals surface area contributed by atoms with E-state index >= 15 is 0 Å². The maximum absolute atomic E-state index is 13.0. The fourth-order valence-corrected chi connectivity index (χ4v) is 5.73. The molecule has 4 rings (SSSR count). The number of ether oxygens (including phenoxy) is 2. The van der Waals surface area contributed by atoms with Gasteiger partial charge in [0.2, 0.25) is 5.91 Å². The van der Waals surface area contributed by atoms with E-state index in [9.17, 15) is 24.8 Å². The molecule has 0 saturated heterocycles. The summed E-state index contributed by atoms with van der Waals surface area (Å²) in [6.07, 6.45) is 0.298. The zero-order valence-corrected chi connectivity index (χ0v) is 27.9. The first-order chi connectivity index (χ1) is 22.3. The van der Waals surface area contributed by atoms with Crippen LogP contribution in [0.4, 0.5) is 16.3 Å². The van der Waals surface area contributed by atoms with Crippen molar-refractivity contribution in [1.82, 2.24) is 14.9 Å². The second-order valence-corrected chi connectivity index (χ2v) is 12.7. The van der Waals surface area contributed by atoms with E-state index in [1.807, 2.05) is 0 Å². The lowest BCUT2D eigenvalue weighted by Crippen LogP contribution is -2.51. The van der Waals surface area contributed by atoms with Gasteiger partial charge in [-0.3, -0.25) is 9.59 Å². The number of halogens is 1. The summed E-state index contributed by atoms with van der Waals surface area (Å²) >= 11 is 7.38. The molecule has 47 heavy (non-hydrogen) atoms. The summed E-state index contributed by atoms with van der Waals surface area (Å²) in [5.74, 6) is -0.578. The van der Waals surface area contributed by atoms with Gasteiger partial charge in [0.25, 0.3) is 5.91 Å². The number of nitrogens with one attached hydrogen (secondary N) is 2. The first-order valence-corrected chi connectivity index (χ1v) is 15.6. The molecule has 0 fully saturated rings. The van der Waals surface area contributed by atoms with Gasteiger partial charge in [-0.15, -0.1) is 11.3 Å². The summed E-state index contributed by atoms with van der Waals surface area (Å²) in [7, 11) is 1.48. The molecule has 1 atom stereocenters. The topological polar surface area (TPSA) is 167 Å². The lowest BCUT2D eigenvalue weighted by molar-refractivity contribution is -0.117. The molecule has 0 bridgehead atoms. The van der Waals surface area contributed by atoms with E-state index in [-0.39, 0.29) is 29.6 Å². The van der Waals surface area contributed by atoms with E-state index in [2.05, 4.69) is 26.7 Å². The number of nitriles is 1. The van der Waals surface area contributed by atoms with Gasteiger partial charge in [-0.2, -0.15) is 5.26 Å². The molecule has 244 valence electrons. The fourth-order valence-electron chi connectivity index (χ4n) is 5.03. The van der Waals surface area contributed by atoms with Crippen molar-refractivity contribution < 1.29 is 29.0 Å². The van der Waals surface area contributed by atoms with E-state index in [1.54, 1.807) is 81.6 Å². The number of thiazole rings is 1. The molecule has 4 aromatic rings. The molecular weight excluding hydrogens is 644 g/mol. The molecular formula is C33H33ClN6O6S. The lowest BCUT2D eigenvalue weighted by atomic mass is 9.97. The van der Waals surface area contributed by atoms with Gasteiger partial charge >= 0.3 is 6.09 Å². The van der Waals surface area contributed by atoms with Crippen LogP contribution in [0.3, 0.4) is 0 Å². The second-order valence-electron chi connectivity index (χ2n) is 11.4. The van der Waals surface area contributed by atoms with Crippen LogP contribution in [0.1, 0.15) is 49.5 Å². The van der Waals surface area contributed by atoms with Gasteiger partial charge in [0.15, 0.2) is 17.6 Å². The quantitative estimate of drug-likeness (QED) is 0.140. The summed E-state index contributed by atoms with van der Waals surface area (Å²) in [5.41, 5.74) is 1.61. The van der Waals surface area contributed by atoms with Gasteiger partial charge in [0.05, 0.1) is 5.69 Å². The average molecular weight is 677 g/mol. The number of amides is 3. The van der Waals surface area contributed by atoms with Crippen LogP contribution in [0, 0.1) is 11.3 Å². The van der Waals surface area contributed by atoms with Crippen LogP contribution in [-0.2, 0) is 9.53 Å². The Kier molecular flexibility index (Phi) is 11.1. The zero-order chi connectivity index (χ0) is 34.3. The Labute approximate surface area is 280 Å². The number of aromatic nitrogens is 2. The molecule has 14 heteroatoms. The minimum Gasteiger partial charge on any atom is -0.467 e. The third-order valence-electron chi connectivity index (χ3n) is 6.85. The highest BCUT2D eigenvalue weighted by molar-refractivity contribution is 7.11. The normalized spacial score (nSPS) is 11.7. The average Bonchev–Trinajstić information content (AvgIpc) is 3.54. The Balaban J connectivity index is 1.76. The molecule has 3 N–H and O–H groups in total. The fraction of sp³-hybridized carbons (Fsp3) is 0.273. The predicted octanol–water partition coefficient (Wildman–Crippen LogP) is 7.13. The third kappa shape index (κ3) is 8.62. The van der Waals surface area contributed by atoms with E-state index in [1.165, 1.54) is 18.2 Å². The Morgan fingerprint density at radius 1 is 1.13 bits per heavy atom. The van der Waals surface area contributed by atoms with Crippen molar-refractivity contribution in [3.8, 4) is 34.2 Å². The summed E-state index contributed by atoms with van der Waals surface area (Å²) in [6, 6.07) is 15.0. The number of nitrogens with zero attached hydrogens (tertiary/aromatic N) is 4. The van der Waals surface area contributed by atoms with Gasteiger partial charge in [-0.05, 0) is 69.7 Å². The smallest absolute Gasteiger partial charge is 0.407 e. The highest BCUT2D eigenvalue weighted by Gasteiger charge is 2.32. The van der Waals surface area contributed by atoms with Gasteiger partial charge < -0.3 is 30.1 Å². The highest BCUT2D eigenvalue weighted by atomic mass is 35.5. The van der Waals surface area contributed by atoms with Crippen molar-refractivity contribution in [3.63, 3.8) is 0 Å². The molecule has 2 heterocycles. The molecule has 2 aromatic heterocycles. The number of carbonyl (C=O) groups is 3. The van der Waals surface area contributed by atoms with E-state index in [4.69, 9.17) is 21.1 Å². The molecule has 3 amide bonds. The number of carbonyl (C=O) groups excluding carboxylic acids is 2. The Morgan fingerprint density at radius 3 is 2.53 bits per heavy atom. The van der Waals surface area contributed by atoms with Crippen molar-refractivity contribution in [2.75, 3.05) is 24.5 Å². The highest BCUT2D eigenvalue weighted by Crippen LogP contribution is 2.38. The van der Waals surface area contributed by atoms with Gasteiger partial charge in [-0.25, -0.2) is 14.8 Å². The second kappa shape index (κ2) is 15.0. The number of carboxylic acid groups (broad SMARTS) is 1. The van der Waals surface area contributed by atoms with Crippen LogP contribution in [0.25, 0.3) is 22.4 Å². The Bertz CT molecular complexity index is 1820. The molecule has 12 nitrogen and oxygen atoms in total. The van der Waals surface area contributed by atoms with Gasteiger partial charge in [-0.1, -0.05) is 23.7 Å². The van der Waals surface area contributed by atoms with Crippen LogP contribution < -0.4 is 15.4 Å². The van der Waals surface area contributed by atoms with Crippen LogP contribution in [0.5, 0.6) is 5.75 Å². The largest absolute Gasteiger partial charge is 0.467 e. The van der Waals surface area contributed by atoms with Crippen molar-refractivity contribution in [1.29, 1.82) is 5.26 Å². The Morgan fingerprint density at radius 2 is 1.89 bits per heavy atom. The van der Waals surface area contributed by atoms with Gasteiger partial charge in [0, 0.05) is 58.5 Å². The number of hydrogen-bond acceptors (Lipinski definition) is 9. The van der Waals surface area contributed by atoms with Gasteiger partial charge in [0.1, 0.15) is 17.4 Å². The molecule has 0 saturated carbocycles. The van der Waals surface area contributed by atoms with Crippen LogP contribution in [-0.4, -0.2) is 63.4 Å². The number of benzene rings is 2. The lowest BCUT2D eigenvalue weighted by Gasteiger charge is -2.37. The molecule has 0 aliphatic carbocycles. The summed E-state index contributed by atoms with van der Waals surface area (Å²) < 4.78 is 10.8. The maximum Gasteiger partial charge on any atom is 0.407 e. The molecule has 0 aliphatic heterocycles. The number of anilines is 2. The van der Waals surface area contributed by atoms with Crippen LogP contribution in [0.15, 0.2) is 60.1 Å². The minimum atomic E-state index is -1.12. The van der Waals surface area contributed by atoms with Crippen molar-refractivity contribution >= 4 is 52.4 Å². The SMILES string of the molecule is COCOc1cc(Cl)ccc1-c1cc(-c2cccc(NC(=O)C[C@@H](C)N(C(=O)O)C(C)(C)C)c2)c(C#N)c(NC(=O)c2nccs2)n1. The van der Waals surface area contributed by atoms with E-state index in [0.717, 1.165) is 11.3 Å². The number of hydrogen-bond donors (Lipinski definition) is 3. The number of methoxy groups -OCH3 is 1. The standard InChI is InChI=1S/C33H33ClN6O6S/c1-19(40(32(43)44)33(2,3)4)13-28(41)37-22-8-6-7-20(14-22)24-16-26(23-10-9-21(34)15-27(23)46-18-45-5)38-29(25(24)17-35)39-30(42)31-36-11-12-47-31/h6-12,14-16,19H,13,18H2,1-5H3,(H,37,41)(H,43,44)(H,38,39,42)/t19-/m1/s1. The zero-order valence-electron chi connectivity index (χ0n) is 26.3. The first-order valence-electron chi connectivity index (χ1n) is 14.3. The summed E-state index contributed by atoms with van der Waals surface area (Å²) in [5, 5.41) is 27.8. The van der Waals surface area contributed by atoms with Crippen LogP contribution in [0.2, 0.25) is 5.02 Å². The number of pyridine rings is 1. The van der Waals surface area contributed by atoms with E-state index in [0.29, 0.717) is 38.8 Å². The molecule has 0 radical (unpaired) electrons. The Hall–Kier alpha value is -5.03. The van der Waals surface area contributed by atoms with Crippen molar-refractivity contribution in [2.24, 2.45) is 0 Å². The minimum absolute atomic E-state index is 0.00736. The van der Waals surface area contributed by atoms with Crippen molar-refractivity contribution in [3.05, 3.63) is 75.7 Å². The first kappa shape index (κ1) is 34.8. The monoisotopic (exact) mass is 676 g/mol. The number of rotatable bonds is 11. The molecule has 0 aliphatic rings. The van der Waals surface area contributed by atoms with E-state index < -0.39 is 29.5 Å². The predicted molar refractivity (Wildman–Crippen MR) is 180 cm³/mol. The summed E-state index contributed by atoms with van der Waals surface area (Å²) in [4.78, 5) is 47.9. The van der Waals surface area contributed by atoms with Crippen LogP contribution >= 0.6 is 22.9 Å². The molecule has 0 spiro atoms. The molecule has 2 aromatic carbocycles.